The Morgan fingerprint density at radius 1 is 1.03 bits per heavy atom. The van der Waals surface area contributed by atoms with Crippen molar-refractivity contribution < 1.29 is 19.1 Å². The number of halogens is 2. The van der Waals surface area contributed by atoms with Crippen LogP contribution in [0.5, 0.6) is 0 Å². The average molecular weight is 499 g/mol. The largest absolute Gasteiger partial charge is 0.443 e. The number of likely N-dealkylation sites (N-methyl/N-ethyl adjacent to an activating group) is 1. The third-order valence-electron chi connectivity index (χ3n) is 6.06. The number of imide groups is 1. The molecule has 0 atom stereocenters. The molecule has 1 aromatic rings. The van der Waals surface area contributed by atoms with Gasteiger partial charge in [-0.1, -0.05) is 60.5 Å². The third kappa shape index (κ3) is 4.12. The van der Waals surface area contributed by atoms with Gasteiger partial charge >= 0.3 is 6.09 Å². The maximum atomic E-state index is 13.8. The number of carbonyl (C=O) groups excluding carboxylic acids is 3. The Labute approximate surface area is 208 Å². The smallest absolute Gasteiger partial charge is 0.422 e. The number of hydrogen-bond acceptors (Lipinski definition) is 4. The number of allylic oxidation sites excluding steroid dienone is 5. The molecule has 2 aliphatic heterocycles. The fourth-order valence-corrected chi connectivity index (χ4v) is 4.20. The molecule has 0 fully saturated rings. The fourth-order valence-electron chi connectivity index (χ4n) is 3.92. The van der Waals surface area contributed by atoms with E-state index in [2.05, 4.69) is 0 Å². The first-order valence-corrected chi connectivity index (χ1v) is 11.6. The van der Waals surface area contributed by atoms with Crippen molar-refractivity contribution in [2.75, 3.05) is 7.05 Å². The minimum absolute atomic E-state index is 0.157. The molecule has 1 aliphatic carbocycles. The average Bonchev–Trinajstić information content (AvgIpc) is 3.10. The molecule has 1 aromatic carbocycles. The summed E-state index contributed by atoms with van der Waals surface area (Å²) >= 11 is 12.2. The predicted octanol–water partition coefficient (Wildman–Crippen LogP) is 5.95. The molecule has 4 rings (SSSR count). The van der Waals surface area contributed by atoms with E-state index >= 15 is 0 Å². The summed E-state index contributed by atoms with van der Waals surface area (Å²) < 4.78 is 5.66. The molecular formula is C26H24Cl2N2O4. The normalized spacial score (nSPS) is 18.4. The quantitative estimate of drug-likeness (QED) is 0.513. The van der Waals surface area contributed by atoms with E-state index in [1.165, 1.54) is 4.90 Å². The van der Waals surface area contributed by atoms with Gasteiger partial charge in [0.25, 0.3) is 11.8 Å². The molecule has 0 saturated carbocycles. The Bertz CT molecular complexity index is 1250. The number of benzene rings is 1. The highest BCUT2D eigenvalue weighted by Crippen LogP contribution is 2.46. The van der Waals surface area contributed by atoms with Crippen LogP contribution in [0.4, 0.5) is 4.79 Å². The monoisotopic (exact) mass is 498 g/mol. The molecule has 34 heavy (non-hydrogen) atoms. The van der Waals surface area contributed by atoms with Crippen molar-refractivity contribution in [3.05, 3.63) is 86.6 Å². The van der Waals surface area contributed by atoms with Crippen molar-refractivity contribution in [3.8, 4) is 0 Å². The molecular weight excluding hydrogens is 475 g/mol. The highest BCUT2D eigenvalue weighted by atomic mass is 35.5. The molecule has 3 amide bonds. The Hall–Kier alpha value is -3.09. The van der Waals surface area contributed by atoms with Gasteiger partial charge in [0, 0.05) is 23.5 Å². The molecule has 0 aromatic heterocycles. The third-order valence-corrected chi connectivity index (χ3v) is 6.59. The second kappa shape index (κ2) is 8.93. The Morgan fingerprint density at radius 3 is 2.32 bits per heavy atom. The molecule has 176 valence electrons. The van der Waals surface area contributed by atoms with Gasteiger partial charge in [-0.15, -0.1) is 0 Å². The number of hydrogen-bond donors (Lipinski definition) is 0. The van der Waals surface area contributed by atoms with Gasteiger partial charge in [-0.25, -0.2) is 9.69 Å². The lowest BCUT2D eigenvalue weighted by Crippen LogP contribution is -2.39. The van der Waals surface area contributed by atoms with Gasteiger partial charge in [0.15, 0.2) is 0 Å². The van der Waals surface area contributed by atoms with Crippen molar-refractivity contribution >= 4 is 46.8 Å². The van der Waals surface area contributed by atoms with Crippen LogP contribution in [-0.4, -0.2) is 40.4 Å². The zero-order valence-electron chi connectivity index (χ0n) is 19.3. The van der Waals surface area contributed by atoms with Gasteiger partial charge in [-0.05, 0) is 49.6 Å². The van der Waals surface area contributed by atoms with E-state index in [9.17, 15) is 14.4 Å². The Kier molecular flexibility index (Phi) is 6.32. The SMILES string of the molecule is CCC(C)(C)OC(=O)N1C(=O)C2=C(C3=CC=C(Cl)CC=C3)N(C)C(=O)C2=C1c1ccc(Cl)cc1. The van der Waals surface area contributed by atoms with E-state index in [-0.39, 0.29) is 22.8 Å². The zero-order chi connectivity index (χ0) is 24.8. The van der Waals surface area contributed by atoms with Crippen molar-refractivity contribution in [2.24, 2.45) is 0 Å². The molecule has 0 unspecified atom stereocenters. The van der Waals surface area contributed by atoms with E-state index in [0.717, 1.165) is 4.90 Å². The van der Waals surface area contributed by atoms with Crippen molar-refractivity contribution in [2.45, 2.75) is 39.2 Å². The van der Waals surface area contributed by atoms with Gasteiger partial charge in [0.2, 0.25) is 0 Å². The zero-order valence-corrected chi connectivity index (χ0v) is 20.8. The van der Waals surface area contributed by atoms with Gasteiger partial charge in [0.1, 0.15) is 5.60 Å². The van der Waals surface area contributed by atoms with Crippen LogP contribution in [0.25, 0.3) is 5.70 Å². The molecule has 0 radical (unpaired) electrons. The van der Waals surface area contributed by atoms with Gasteiger partial charge in [-0.3, -0.25) is 9.59 Å². The minimum atomic E-state index is -0.834. The summed E-state index contributed by atoms with van der Waals surface area (Å²) in [5.41, 5.74) is 1.27. The summed E-state index contributed by atoms with van der Waals surface area (Å²) in [5, 5.41) is 1.12. The fraction of sp³-hybridized carbons (Fsp3) is 0.269. The minimum Gasteiger partial charge on any atom is -0.443 e. The molecule has 0 bridgehead atoms. The molecule has 0 saturated heterocycles. The molecule has 3 aliphatic rings. The van der Waals surface area contributed by atoms with E-state index in [4.69, 9.17) is 27.9 Å². The second-order valence-electron chi connectivity index (χ2n) is 8.78. The first-order valence-electron chi connectivity index (χ1n) is 10.9. The van der Waals surface area contributed by atoms with Gasteiger partial charge < -0.3 is 9.64 Å². The summed E-state index contributed by atoms with van der Waals surface area (Å²) in [6, 6.07) is 6.63. The second-order valence-corrected chi connectivity index (χ2v) is 9.70. The van der Waals surface area contributed by atoms with Crippen LogP contribution in [0.3, 0.4) is 0 Å². The maximum absolute atomic E-state index is 13.8. The van der Waals surface area contributed by atoms with Crippen LogP contribution in [0.15, 0.2) is 76.0 Å². The van der Waals surface area contributed by atoms with Crippen LogP contribution in [0, 0.1) is 0 Å². The van der Waals surface area contributed by atoms with E-state index < -0.39 is 17.6 Å². The molecule has 0 N–H and O–H groups in total. The van der Waals surface area contributed by atoms with E-state index in [1.54, 1.807) is 57.3 Å². The molecule has 0 spiro atoms. The predicted molar refractivity (Wildman–Crippen MR) is 132 cm³/mol. The lowest BCUT2D eigenvalue weighted by Gasteiger charge is -2.28. The van der Waals surface area contributed by atoms with Crippen LogP contribution >= 0.6 is 23.2 Å². The number of nitrogens with zero attached hydrogens (tertiary/aromatic N) is 2. The summed E-state index contributed by atoms with van der Waals surface area (Å²) in [4.78, 5) is 42.9. The first kappa shape index (κ1) is 24.0. The topological polar surface area (TPSA) is 66.9 Å². The Morgan fingerprint density at radius 2 is 1.68 bits per heavy atom. The van der Waals surface area contributed by atoms with E-state index in [1.807, 2.05) is 19.1 Å². The van der Waals surface area contributed by atoms with Crippen LogP contribution in [-0.2, 0) is 14.3 Å². The highest BCUT2D eigenvalue weighted by molar-refractivity contribution is 6.31. The number of amides is 3. The summed E-state index contributed by atoms with van der Waals surface area (Å²) in [5.74, 6) is -1.000. The van der Waals surface area contributed by atoms with Crippen LogP contribution < -0.4 is 0 Å². The number of carbonyl (C=O) groups is 3. The van der Waals surface area contributed by atoms with Crippen LogP contribution in [0.2, 0.25) is 5.02 Å². The van der Waals surface area contributed by atoms with Crippen molar-refractivity contribution in [1.29, 1.82) is 0 Å². The molecule has 2 heterocycles. The number of ether oxygens (including phenoxy) is 1. The number of rotatable bonds is 4. The van der Waals surface area contributed by atoms with Crippen molar-refractivity contribution in [3.63, 3.8) is 0 Å². The number of fused-ring (bicyclic) bond motifs is 1. The highest BCUT2D eigenvalue weighted by Gasteiger charge is 2.51. The summed E-state index contributed by atoms with van der Waals surface area (Å²) in [6.07, 6.45) is 7.43. The van der Waals surface area contributed by atoms with Gasteiger partial charge in [-0.2, -0.15) is 0 Å². The maximum Gasteiger partial charge on any atom is 0.422 e. The van der Waals surface area contributed by atoms with Crippen molar-refractivity contribution in [1.82, 2.24) is 9.80 Å². The summed E-state index contributed by atoms with van der Waals surface area (Å²) in [6.45, 7) is 5.42. The van der Waals surface area contributed by atoms with Crippen LogP contribution in [0.1, 0.15) is 39.2 Å². The lowest BCUT2D eigenvalue weighted by molar-refractivity contribution is -0.123. The Balaban J connectivity index is 1.95. The van der Waals surface area contributed by atoms with Gasteiger partial charge in [0.05, 0.1) is 22.5 Å². The standard InChI is InChI=1S/C26H24Cl2N2O4/c1-5-26(2,3)34-25(33)30-22(16-10-13-18(28)14-11-16)20-19(24(30)32)21(29(4)23(20)31)15-7-6-8-17(27)12-9-15/h6-7,9-14H,5,8H2,1-4H3. The summed E-state index contributed by atoms with van der Waals surface area (Å²) in [7, 11) is 1.61. The molecule has 6 nitrogen and oxygen atoms in total. The lowest BCUT2D eigenvalue weighted by atomic mass is 10.0. The molecule has 8 heteroatoms. The first-order chi connectivity index (χ1) is 16.1. The van der Waals surface area contributed by atoms with E-state index in [0.29, 0.717) is 39.7 Å².